The number of anilines is 2. The first-order chi connectivity index (χ1) is 18.5. The van der Waals surface area contributed by atoms with E-state index in [9.17, 15) is 9.90 Å². The molecule has 1 saturated heterocycles. The average molecular weight is 509 g/mol. The molecule has 0 radical (unpaired) electrons. The molecule has 8 heteroatoms. The van der Waals surface area contributed by atoms with E-state index in [1.54, 1.807) is 12.3 Å². The Balaban J connectivity index is 1.12. The first-order valence-electron chi connectivity index (χ1n) is 13.2. The number of amides is 1. The van der Waals surface area contributed by atoms with E-state index < -0.39 is 5.91 Å². The quantitative estimate of drug-likeness (QED) is 0.463. The third kappa shape index (κ3) is 4.28. The lowest BCUT2D eigenvalue weighted by Crippen LogP contribution is -2.45. The standard InChI is InChI=1S/C30H32N6O2/c31-27-24-6-2-1-4-22(24)17-30(27)10-14-36(15-11-30)29-25(19-37)34-23(18-33-29)5-3-12-35-13-9-20-16-21(28(32)38)7-8-26(20)35/h1-2,4,6-8,16,18,27,37H,9-15,17,19,31H2,(H2,32,38)/t27-/m1/s1. The minimum Gasteiger partial charge on any atom is -0.390 e. The van der Waals surface area contributed by atoms with Crippen LogP contribution in [0.2, 0.25) is 0 Å². The van der Waals surface area contributed by atoms with E-state index in [4.69, 9.17) is 11.5 Å². The summed E-state index contributed by atoms with van der Waals surface area (Å²) in [5.74, 6) is 6.62. The van der Waals surface area contributed by atoms with Crippen molar-refractivity contribution in [2.75, 3.05) is 36.0 Å². The van der Waals surface area contributed by atoms with E-state index in [0.717, 1.165) is 62.4 Å². The molecule has 1 spiro atoms. The second-order valence-electron chi connectivity index (χ2n) is 10.6. The molecule has 8 nitrogen and oxygen atoms in total. The van der Waals surface area contributed by atoms with Crippen molar-refractivity contribution in [2.24, 2.45) is 16.9 Å². The van der Waals surface area contributed by atoms with Gasteiger partial charge in [0.2, 0.25) is 5.91 Å². The Labute approximate surface area is 222 Å². The number of nitrogens with two attached hydrogens (primary N) is 2. The number of carbonyl (C=O) groups is 1. The minimum atomic E-state index is -0.413. The maximum absolute atomic E-state index is 11.5. The molecule has 194 valence electrons. The number of hydrogen-bond acceptors (Lipinski definition) is 7. The van der Waals surface area contributed by atoms with E-state index >= 15 is 0 Å². The Morgan fingerprint density at radius 2 is 1.95 bits per heavy atom. The zero-order chi connectivity index (χ0) is 26.3. The number of carbonyl (C=O) groups excluding carboxylic acids is 1. The molecule has 1 fully saturated rings. The Bertz CT molecular complexity index is 1450. The molecule has 6 rings (SSSR count). The number of rotatable bonds is 4. The van der Waals surface area contributed by atoms with Crippen LogP contribution in [0.1, 0.15) is 57.3 Å². The van der Waals surface area contributed by atoms with Gasteiger partial charge in [0, 0.05) is 36.9 Å². The van der Waals surface area contributed by atoms with Crippen LogP contribution in [0.5, 0.6) is 0 Å². The molecule has 38 heavy (non-hydrogen) atoms. The molecule has 1 atom stereocenters. The van der Waals surface area contributed by atoms with Crippen molar-refractivity contribution in [3.8, 4) is 11.8 Å². The van der Waals surface area contributed by atoms with Gasteiger partial charge < -0.3 is 26.4 Å². The van der Waals surface area contributed by atoms with Gasteiger partial charge in [0.05, 0.1) is 19.3 Å². The largest absolute Gasteiger partial charge is 0.390 e. The van der Waals surface area contributed by atoms with Gasteiger partial charge in [-0.3, -0.25) is 4.79 Å². The average Bonchev–Trinajstić information content (AvgIpc) is 3.47. The second kappa shape index (κ2) is 9.75. The highest BCUT2D eigenvalue weighted by Crippen LogP contribution is 2.51. The first-order valence-corrected chi connectivity index (χ1v) is 13.2. The van der Waals surface area contributed by atoms with Gasteiger partial charge in [-0.1, -0.05) is 30.2 Å². The molecule has 1 aliphatic carbocycles. The Morgan fingerprint density at radius 3 is 2.71 bits per heavy atom. The van der Waals surface area contributed by atoms with Crippen LogP contribution >= 0.6 is 0 Å². The maximum atomic E-state index is 11.5. The summed E-state index contributed by atoms with van der Waals surface area (Å²) in [5, 5.41) is 10.1. The number of piperidine rings is 1. The molecular formula is C30H32N6O2. The summed E-state index contributed by atoms with van der Waals surface area (Å²) in [6.45, 7) is 2.86. The van der Waals surface area contributed by atoms with E-state index in [0.29, 0.717) is 23.5 Å². The van der Waals surface area contributed by atoms with Gasteiger partial charge in [0.15, 0.2) is 5.82 Å². The Kier molecular flexibility index (Phi) is 6.26. The highest BCUT2D eigenvalue weighted by Gasteiger charge is 2.46. The van der Waals surface area contributed by atoms with E-state index in [1.807, 2.05) is 12.1 Å². The summed E-state index contributed by atoms with van der Waals surface area (Å²) in [4.78, 5) is 25.1. The summed E-state index contributed by atoms with van der Waals surface area (Å²) < 4.78 is 0. The van der Waals surface area contributed by atoms with Crippen molar-refractivity contribution in [1.29, 1.82) is 0 Å². The van der Waals surface area contributed by atoms with E-state index in [2.05, 4.69) is 55.9 Å². The number of fused-ring (bicyclic) bond motifs is 2. The van der Waals surface area contributed by atoms with Crippen LogP contribution < -0.4 is 21.3 Å². The van der Waals surface area contributed by atoms with Crippen LogP contribution in [0, 0.1) is 17.3 Å². The van der Waals surface area contributed by atoms with Crippen LogP contribution in [0.25, 0.3) is 0 Å². The molecule has 0 bridgehead atoms. The van der Waals surface area contributed by atoms with Crippen molar-refractivity contribution in [3.05, 3.63) is 82.3 Å². The SMILES string of the molecule is NC(=O)c1ccc2c(c1)CCN2CC#Cc1cnc(N2CCC3(CC2)Cc2ccccc2[C@H]3N)c(CO)n1. The lowest BCUT2D eigenvalue weighted by Gasteiger charge is -2.42. The van der Waals surface area contributed by atoms with E-state index in [1.165, 1.54) is 11.1 Å². The van der Waals surface area contributed by atoms with Crippen LogP contribution in [-0.2, 0) is 19.4 Å². The number of aliphatic hydroxyl groups excluding tert-OH is 1. The fourth-order valence-corrected chi connectivity index (χ4v) is 6.33. The monoisotopic (exact) mass is 508 g/mol. The van der Waals surface area contributed by atoms with Crippen molar-refractivity contribution in [2.45, 2.75) is 38.3 Å². The summed E-state index contributed by atoms with van der Waals surface area (Å²) >= 11 is 0. The highest BCUT2D eigenvalue weighted by molar-refractivity contribution is 5.93. The zero-order valence-electron chi connectivity index (χ0n) is 21.4. The van der Waals surface area contributed by atoms with Crippen molar-refractivity contribution >= 4 is 17.4 Å². The molecule has 3 heterocycles. The molecule has 1 amide bonds. The lowest BCUT2D eigenvalue weighted by atomic mass is 9.73. The molecular weight excluding hydrogens is 476 g/mol. The number of aliphatic hydroxyl groups is 1. The Hall–Kier alpha value is -3.93. The summed E-state index contributed by atoms with van der Waals surface area (Å²) in [6.07, 6.45) is 5.54. The van der Waals surface area contributed by atoms with Crippen molar-refractivity contribution in [3.63, 3.8) is 0 Å². The molecule has 0 saturated carbocycles. The number of hydrogen-bond donors (Lipinski definition) is 3. The smallest absolute Gasteiger partial charge is 0.248 e. The highest BCUT2D eigenvalue weighted by atomic mass is 16.3. The van der Waals surface area contributed by atoms with Crippen molar-refractivity contribution in [1.82, 2.24) is 9.97 Å². The predicted octanol–water partition coefficient (Wildman–Crippen LogP) is 2.32. The summed E-state index contributed by atoms with van der Waals surface area (Å²) in [7, 11) is 0. The number of nitrogens with zero attached hydrogens (tertiary/aromatic N) is 4. The molecule has 5 N–H and O–H groups in total. The van der Waals surface area contributed by atoms with Gasteiger partial charge in [0.1, 0.15) is 11.4 Å². The van der Waals surface area contributed by atoms with Crippen LogP contribution in [0.4, 0.5) is 11.5 Å². The normalized spacial score (nSPS) is 19.2. The molecule has 0 unspecified atom stereocenters. The third-order valence-corrected chi connectivity index (χ3v) is 8.47. The first kappa shape index (κ1) is 24.4. The van der Waals surface area contributed by atoms with Gasteiger partial charge >= 0.3 is 0 Å². The molecule has 2 aliphatic heterocycles. The van der Waals surface area contributed by atoms with Gasteiger partial charge in [0.25, 0.3) is 0 Å². The molecule has 3 aromatic rings. The number of aromatic nitrogens is 2. The topological polar surface area (TPSA) is 122 Å². The predicted molar refractivity (Wildman–Crippen MR) is 147 cm³/mol. The fourth-order valence-electron chi connectivity index (χ4n) is 6.33. The molecule has 1 aromatic heterocycles. The zero-order valence-corrected chi connectivity index (χ0v) is 21.4. The number of primary amides is 1. The summed E-state index contributed by atoms with van der Waals surface area (Å²) in [5.41, 5.74) is 18.7. The van der Waals surface area contributed by atoms with Gasteiger partial charge in [-0.05, 0) is 71.9 Å². The lowest BCUT2D eigenvalue weighted by molar-refractivity contribution is 0.1000. The van der Waals surface area contributed by atoms with Crippen molar-refractivity contribution < 1.29 is 9.90 Å². The maximum Gasteiger partial charge on any atom is 0.248 e. The third-order valence-electron chi connectivity index (χ3n) is 8.47. The van der Waals surface area contributed by atoms with Gasteiger partial charge in [-0.2, -0.15) is 0 Å². The number of benzene rings is 2. The minimum absolute atomic E-state index is 0.0645. The van der Waals surface area contributed by atoms with E-state index in [-0.39, 0.29) is 18.1 Å². The summed E-state index contributed by atoms with van der Waals surface area (Å²) in [6, 6.07) is 14.2. The van der Waals surface area contributed by atoms with Gasteiger partial charge in [-0.15, -0.1) is 0 Å². The fraction of sp³-hybridized carbons (Fsp3) is 0.367. The van der Waals surface area contributed by atoms with Crippen LogP contribution in [0.3, 0.4) is 0 Å². The second-order valence-corrected chi connectivity index (χ2v) is 10.6. The van der Waals surface area contributed by atoms with Crippen LogP contribution in [0.15, 0.2) is 48.7 Å². The molecule has 3 aliphatic rings. The van der Waals surface area contributed by atoms with Gasteiger partial charge in [-0.25, -0.2) is 9.97 Å². The van der Waals surface area contributed by atoms with Crippen LogP contribution in [-0.4, -0.2) is 47.2 Å². The Morgan fingerprint density at radius 1 is 1.13 bits per heavy atom. The molecule has 2 aromatic carbocycles.